The second-order valence-electron chi connectivity index (χ2n) is 6.54. The van der Waals surface area contributed by atoms with Gasteiger partial charge >= 0.3 is 11.7 Å². The van der Waals surface area contributed by atoms with Crippen LogP contribution in [0.3, 0.4) is 0 Å². The third kappa shape index (κ3) is 3.52. The minimum Gasteiger partial charge on any atom is -0.471 e. The first-order valence-corrected chi connectivity index (χ1v) is 9.11. The molecule has 4 rings (SSSR count). The highest BCUT2D eigenvalue weighted by atomic mass is 16.5. The van der Waals surface area contributed by atoms with Crippen molar-refractivity contribution in [1.82, 2.24) is 24.1 Å². The molecular weight excluding hydrogens is 370 g/mol. The van der Waals surface area contributed by atoms with Crippen LogP contribution in [0, 0.1) is 6.92 Å². The molecule has 2 heterocycles. The second kappa shape index (κ2) is 7.67. The quantitative estimate of drug-likeness (QED) is 0.505. The Hall–Kier alpha value is -3.81. The van der Waals surface area contributed by atoms with Gasteiger partial charge in [-0.15, -0.1) is 10.2 Å². The molecule has 0 saturated carbocycles. The van der Waals surface area contributed by atoms with Crippen LogP contribution < -0.4 is 15.2 Å². The van der Waals surface area contributed by atoms with E-state index in [4.69, 9.17) is 9.47 Å². The van der Waals surface area contributed by atoms with Crippen LogP contribution in [0.4, 0.5) is 0 Å². The van der Waals surface area contributed by atoms with Gasteiger partial charge in [0.1, 0.15) is 6.61 Å². The molecule has 0 unspecified atom stereocenters. The maximum Gasteiger partial charge on any atom is 0.353 e. The minimum atomic E-state index is -0.293. The summed E-state index contributed by atoms with van der Waals surface area (Å²) in [6.07, 6.45) is 1.92. The first kappa shape index (κ1) is 18.5. The van der Waals surface area contributed by atoms with E-state index in [1.807, 2.05) is 67.7 Å². The van der Waals surface area contributed by atoms with E-state index in [2.05, 4.69) is 10.2 Å². The van der Waals surface area contributed by atoms with Gasteiger partial charge in [0.25, 0.3) is 0 Å². The lowest BCUT2D eigenvalue weighted by Gasteiger charge is -2.11. The van der Waals surface area contributed by atoms with Crippen LogP contribution in [0.1, 0.15) is 11.1 Å². The fourth-order valence-corrected chi connectivity index (χ4v) is 3.08. The Balaban J connectivity index is 1.63. The number of aryl methyl sites for hydroxylation is 2. The molecule has 0 amide bonds. The van der Waals surface area contributed by atoms with Gasteiger partial charge in [-0.05, 0) is 25.1 Å². The fraction of sp³-hybridized carbons (Fsp3) is 0.190. The van der Waals surface area contributed by atoms with Crippen LogP contribution >= 0.6 is 0 Å². The highest BCUT2D eigenvalue weighted by molar-refractivity contribution is 5.42. The molecule has 0 radical (unpaired) electrons. The molecule has 0 N–H and O–H groups in total. The predicted octanol–water partition coefficient (Wildman–Crippen LogP) is 2.65. The van der Waals surface area contributed by atoms with E-state index >= 15 is 0 Å². The maximum atomic E-state index is 12.5. The number of ether oxygens (including phenoxy) is 2. The number of methoxy groups -OCH3 is 1. The number of aromatic nitrogens is 5. The van der Waals surface area contributed by atoms with E-state index in [9.17, 15) is 4.79 Å². The van der Waals surface area contributed by atoms with E-state index < -0.39 is 0 Å². The van der Waals surface area contributed by atoms with Crippen molar-refractivity contribution in [2.45, 2.75) is 13.5 Å². The molecule has 8 nitrogen and oxygen atoms in total. The Labute approximate surface area is 167 Å². The van der Waals surface area contributed by atoms with Gasteiger partial charge in [-0.3, -0.25) is 0 Å². The first-order valence-electron chi connectivity index (χ1n) is 9.11. The molecule has 148 valence electrons. The highest BCUT2D eigenvalue weighted by Crippen LogP contribution is 2.22. The van der Waals surface area contributed by atoms with Crippen LogP contribution in [-0.2, 0) is 13.7 Å². The topological polar surface area (TPSA) is 76.1 Å². The Morgan fingerprint density at radius 1 is 1.00 bits per heavy atom. The van der Waals surface area contributed by atoms with Crippen molar-refractivity contribution >= 4 is 0 Å². The third-order valence-corrected chi connectivity index (χ3v) is 4.55. The number of para-hydroxylation sites is 2. The van der Waals surface area contributed by atoms with Gasteiger partial charge in [-0.2, -0.15) is 0 Å². The smallest absolute Gasteiger partial charge is 0.353 e. The summed E-state index contributed by atoms with van der Waals surface area (Å²) in [6, 6.07) is 17.5. The number of nitrogens with zero attached hydrogens (tertiary/aromatic N) is 5. The SMILES string of the molecule is COc1nn(C)c(=O)n1-c1ccccc1COc1nn(-c2ccccc2)cc1C. The van der Waals surface area contributed by atoms with Crippen molar-refractivity contribution < 1.29 is 9.47 Å². The van der Waals surface area contributed by atoms with Gasteiger partial charge in [0.15, 0.2) is 0 Å². The zero-order valence-corrected chi connectivity index (χ0v) is 16.4. The van der Waals surface area contributed by atoms with Crippen molar-refractivity contribution in [2.75, 3.05) is 7.11 Å². The molecule has 0 fully saturated rings. The summed E-state index contributed by atoms with van der Waals surface area (Å²) in [6.45, 7) is 2.19. The normalized spacial score (nSPS) is 10.9. The number of hydrogen-bond donors (Lipinski definition) is 0. The average Bonchev–Trinajstić information content (AvgIpc) is 3.26. The van der Waals surface area contributed by atoms with E-state index in [0.29, 0.717) is 11.6 Å². The molecule has 29 heavy (non-hydrogen) atoms. The molecule has 4 aromatic rings. The molecule has 2 aromatic carbocycles. The van der Waals surface area contributed by atoms with Crippen LogP contribution in [0.5, 0.6) is 11.9 Å². The number of benzene rings is 2. The lowest BCUT2D eigenvalue weighted by atomic mass is 10.2. The molecule has 8 heteroatoms. The van der Waals surface area contributed by atoms with Crippen molar-refractivity contribution in [2.24, 2.45) is 7.05 Å². The van der Waals surface area contributed by atoms with Gasteiger partial charge in [-0.25, -0.2) is 18.7 Å². The third-order valence-electron chi connectivity index (χ3n) is 4.55. The summed E-state index contributed by atoms with van der Waals surface area (Å²) in [5.74, 6) is 0.536. The Bertz CT molecular complexity index is 1190. The zero-order chi connectivity index (χ0) is 20.4. The highest BCUT2D eigenvalue weighted by Gasteiger charge is 2.17. The Morgan fingerprint density at radius 3 is 2.48 bits per heavy atom. The summed E-state index contributed by atoms with van der Waals surface area (Å²) in [7, 11) is 3.07. The molecule has 0 aliphatic rings. The van der Waals surface area contributed by atoms with Crippen molar-refractivity contribution in [3.63, 3.8) is 0 Å². The zero-order valence-electron chi connectivity index (χ0n) is 16.4. The van der Waals surface area contributed by atoms with E-state index in [1.165, 1.54) is 16.4 Å². The molecule has 0 saturated heterocycles. The lowest BCUT2D eigenvalue weighted by molar-refractivity contribution is 0.289. The number of hydrogen-bond acceptors (Lipinski definition) is 5. The summed E-state index contributed by atoms with van der Waals surface area (Å²) in [5.41, 5.74) is 3.05. The van der Waals surface area contributed by atoms with Crippen molar-refractivity contribution in [3.05, 3.63) is 82.4 Å². The van der Waals surface area contributed by atoms with Crippen molar-refractivity contribution in [3.8, 4) is 23.3 Å². The number of rotatable bonds is 6. The van der Waals surface area contributed by atoms with Gasteiger partial charge < -0.3 is 9.47 Å². The van der Waals surface area contributed by atoms with Gasteiger partial charge in [0, 0.05) is 24.4 Å². The van der Waals surface area contributed by atoms with E-state index in [0.717, 1.165) is 16.8 Å². The fourth-order valence-electron chi connectivity index (χ4n) is 3.08. The minimum absolute atomic E-state index is 0.217. The molecule has 0 aliphatic carbocycles. The maximum absolute atomic E-state index is 12.5. The molecule has 0 bridgehead atoms. The van der Waals surface area contributed by atoms with Crippen LogP contribution in [0.15, 0.2) is 65.6 Å². The summed E-state index contributed by atoms with van der Waals surface area (Å²) in [5, 5.41) is 8.64. The molecular formula is C21H21N5O3. The average molecular weight is 391 g/mol. The van der Waals surface area contributed by atoms with Crippen LogP contribution in [0.25, 0.3) is 11.4 Å². The van der Waals surface area contributed by atoms with E-state index in [1.54, 1.807) is 11.7 Å². The molecule has 0 atom stereocenters. The van der Waals surface area contributed by atoms with Gasteiger partial charge in [0.05, 0.1) is 18.5 Å². The van der Waals surface area contributed by atoms with Crippen LogP contribution in [0.2, 0.25) is 0 Å². The standard InChI is InChI=1S/C21H21N5O3/c1-15-13-25(17-10-5-4-6-11-17)22-19(15)29-14-16-9-7-8-12-18(16)26-20(28-3)23-24(2)21(26)27/h4-13H,14H2,1-3H3. The molecule has 0 spiro atoms. The second-order valence-corrected chi connectivity index (χ2v) is 6.54. The van der Waals surface area contributed by atoms with Gasteiger partial charge in [0.2, 0.25) is 5.88 Å². The van der Waals surface area contributed by atoms with Crippen LogP contribution in [-0.4, -0.2) is 31.2 Å². The Kier molecular flexibility index (Phi) is 4.90. The largest absolute Gasteiger partial charge is 0.471 e. The summed E-state index contributed by atoms with van der Waals surface area (Å²) >= 11 is 0. The monoisotopic (exact) mass is 391 g/mol. The summed E-state index contributed by atoms with van der Waals surface area (Å²) < 4.78 is 15.7. The lowest BCUT2D eigenvalue weighted by Crippen LogP contribution is -2.22. The van der Waals surface area contributed by atoms with Gasteiger partial charge in [-0.1, -0.05) is 36.4 Å². The Morgan fingerprint density at radius 2 is 1.72 bits per heavy atom. The molecule has 2 aromatic heterocycles. The molecule has 0 aliphatic heterocycles. The predicted molar refractivity (Wildman–Crippen MR) is 108 cm³/mol. The summed E-state index contributed by atoms with van der Waals surface area (Å²) in [4.78, 5) is 12.5. The van der Waals surface area contributed by atoms with E-state index in [-0.39, 0.29) is 18.3 Å². The van der Waals surface area contributed by atoms with Crippen molar-refractivity contribution in [1.29, 1.82) is 0 Å². The first-order chi connectivity index (χ1) is 14.1.